The SMILES string of the molecule is CCC1(CC(=O)O)C[C@H]2CC[C@H]2C1. The van der Waals surface area contributed by atoms with Crippen LogP contribution in [0.25, 0.3) is 0 Å². The van der Waals surface area contributed by atoms with Crippen molar-refractivity contribution in [3.05, 3.63) is 0 Å². The fourth-order valence-corrected chi connectivity index (χ4v) is 3.25. The first-order valence-corrected chi connectivity index (χ1v) is 5.37. The Hall–Kier alpha value is -0.530. The average molecular weight is 182 g/mol. The monoisotopic (exact) mass is 182 g/mol. The molecule has 2 nitrogen and oxygen atoms in total. The van der Waals surface area contributed by atoms with Crippen LogP contribution in [0, 0.1) is 17.3 Å². The Kier molecular flexibility index (Phi) is 2.09. The Morgan fingerprint density at radius 2 is 1.92 bits per heavy atom. The molecule has 0 amide bonds. The minimum atomic E-state index is -0.608. The van der Waals surface area contributed by atoms with Crippen molar-refractivity contribution in [3.63, 3.8) is 0 Å². The maximum Gasteiger partial charge on any atom is 0.303 e. The van der Waals surface area contributed by atoms with Gasteiger partial charge >= 0.3 is 5.97 Å². The lowest BCUT2D eigenvalue weighted by Gasteiger charge is -2.29. The molecule has 0 heterocycles. The largest absolute Gasteiger partial charge is 0.481 e. The van der Waals surface area contributed by atoms with Crippen molar-refractivity contribution in [3.8, 4) is 0 Å². The topological polar surface area (TPSA) is 37.3 Å². The van der Waals surface area contributed by atoms with Gasteiger partial charge in [-0.1, -0.05) is 6.92 Å². The summed E-state index contributed by atoms with van der Waals surface area (Å²) in [6, 6.07) is 0. The Bertz CT molecular complexity index is 210. The zero-order valence-electron chi connectivity index (χ0n) is 8.25. The van der Waals surface area contributed by atoms with Crippen LogP contribution in [0.3, 0.4) is 0 Å². The smallest absolute Gasteiger partial charge is 0.303 e. The summed E-state index contributed by atoms with van der Waals surface area (Å²) in [5, 5.41) is 8.86. The third-order valence-corrected chi connectivity index (χ3v) is 4.24. The van der Waals surface area contributed by atoms with E-state index in [2.05, 4.69) is 6.92 Å². The minimum absolute atomic E-state index is 0.164. The van der Waals surface area contributed by atoms with Gasteiger partial charge in [-0.25, -0.2) is 0 Å². The highest BCUT2D eigenvalue weighted by Gasteiger charge is 2.48. The van der Waals surface area contributed by atoms with E-state index in [1.54, 1.807) is 0 Å². The molecule has 1 N–H and O–H groups in total. The molecule has 0 aromatic heterocycles. The number of carboxylic acid groups (broad SMARTS) is 1. The Labute approximate surface area is 79.3 Å². The van der Waals surface area contributed by atoms with Crippen LogP contribution in [0.5, 0.6) is 0 Å². The molecule has 1 unspecified atom stereocenters. The Morgan fingerprint density at radius 3 is 2.23 bits per heavy atom. The van der Waals surface area contributed by atoms with Crippen LogP contribution >= 0.6 is 0 Å². The van der Waals surface area contributed by atoms with Gasteiger partial charge in [0.2, 0.25) is 0 Å². The summed E-state index contributed by atoms with van der Waals surface area (Å²) in [5.41, 5.74) is 0.164. The first-order valence-electron chi connectivity index (χ1n) is 5.37. The average Bonchev–Trinajstić information content (AvgIpc) is 2.28. The second-order valence-corrected chi connectivity index (χ2v) is 4.93. The molecule has 0 aliphatic heterocycles. The summed E-state index contributed by atoms with van der Waals surface area (Å²) in [6.07, 6.45) is 6.52. The van der Waals surface area contributed by atoms with Crippen molar-refractivity contribution in [2.24, 2.45) is 17.3 Å². The van der Waals surface area contributed by atoms with Gasteiger partial charge in [0.25, 0.3) is 0 Å². The molecule has 2 heteroatoms. The van der Waals surface area contributed by atoms with E-state index in [4.69, 9.17) is 5.11 Å². The molecule has 13 heavy (non-hydrogen) atoms. The van der Waals surface area contributed by atoms with Gasteiger partial charge in [-0.2, -0.15) is 0 Å². The van der Waals surface area contributed by atoms with Crippen molar-refractivity contribution >= 4 is 5.97 Å². The molecule has 0 spiro atoms. The fourth-order valence-electron chi connectivity index (χ4n) is 3.25. The van der Waals surface area contributed by atoms with Crippen molar-refractivity contribution in [1.82, 2.24) is 0 Å². The summed E-state index contributed by atoms with van der Waals surface area (Å²) in [4.78, 5) is 10.8. The van der Waals surface area contributed by atoms with E-state index < -0.39 is 5.97 Å². The highest BCUT2D eigenvalue weighted by Crippen LogP contribution is 2.58. The molecule has 2 fully saturated rings. The molecule has 0 aromatic carbocycles. The van der Waals surface area contributed by atoms with E-state index in [-0.39, 0.29) is 5.41 Å². The van der Waals surface area contributed by atoms with Crippen molar-refractivity contribution < 1.29 is 9.90 Å². The maximum atomic E-state index is 10.8. The summed E-state index contributed by atoms with van der Waals surface area (Å²) in [7, 11) is 0. The molecule has 2 aliphatic rings. The van der Waals surface area contributed by atoms with E-state index >= 15 is 0 Å². The molecule has 0 saturated heterocycles. The summed E-state index contributed by atoms with van der Waals surface area (Å²) >= 11 is 0. The zero-order valence-corrected chi connectivity index (χ0v) is 8.25. The van der Waals surface area contributed by atoms with Crippen LogP contribution in [0.15, 0.2) is 0 Å². The number of aliphatic carboxylic acids is 1. The fraction of sp³-hybridized carbons (Fsp3) is 0.909. The zero-order chi connectivity index (χ0) is 9.47. The van der Waals surface area contributed by atoms with Crippen LogP contribution in [-0.2, 0) is 4.79 Å². The summed E-state index contributed by atoms with van der Waals surface area (Å²) in [5.74, 6) is 1.14. The second kappa shape index (κ2) is 3.00. The molecule has 3 atom stereocenters. The van der Waals surface area contributed by atoms with Gasteiger partial charge in [-0.3, -0.25) is 4.79 Å². The van der Waals surface area contributed by atoms with E-state index in [9.17, 15) is 4.79 Å². The molecule has 2 rings (SSSR count). The van der Waals surface area contributed by atoms with E-state index in [0.717, 1.165) is 18.3 Å². The Morgan fingerprint density at radius 1 is 1.38 bits per heavy atom. The first-order chi connectivity index (χ1) is 6.15. The summed E-state index contributed by atoms with van der Waals surface area (Å²) < 4.78 is 0. The van der Waals surface area contributed by atoms with Crippen LogP contribution < -0.4 is 0 Å². The molecular formula is C11H18O2. The van der Waals surface area contributed by atoms with Crippen LogP contribution in [0.1, 0.15) is 45.4 Å². The van der Waals surface area contributed by atoms with Gasteiger partial charge in [0, 0.05) is 0 Å². The highest BCUT2D eigenvalue weighted by atomic mass is 16.4. The Balaban J connectivity index is 2.03. The molecule has 74 valence electrons. The van der Waals surface area contributed by atoms with Gasteiger partial charge in [0.05, 0.1) is 6.42 Å². The number of carboxylic acids is 1. The molecule has 2 aliphatic carbocycles. The number of hydrogen-bond donors (Lipinski definition) is 1. The number of rotatable bonds is 3. The standard InChI is InChI=1S/C11H18O2/c1-2-11(7-10(12)13)5-8-3-4-9(8)6-11/h8-9H,2-7H2,1H3,(H,12,13)/t8-,9+,11?. The quantitative estimate of drug-likeness (QED) is 0.728. The van der Waals surface area contributed by atoms with Crippen molar-refractivity contribution in [2.75, 3.05) is 0 Å². The normalized spacial score (nSPS) is 42.5. The third kappa shape index (κ3) is 1.47. The van der Waals surface area contributed by atoms with Crippen molar-refractivity contribution in [1.29, 1.82) is 0 Å². The molecule has 0 radical (unpaired) electrons. The number of carbonyl (C=O) groups is 1. The van der Waals surface area contributed by atoms with Gasteiger partial charge in [0.1, 0.15) is 0 Å². The third-order valence-electron chi connectivity index (χ3n) is 4.24. The minimum Gasteiger partial charge on any atom is -0.481 e. The van der Waals surface area contributed by atoms with Gasteiger partial charge in [0.15, 0.2) is 0 Å². The second-order valence-electron chi connectivity index (χ2n) is 4.93. The first kappa shape index (κ1) is 9.04. The van der Waals surface area contributed by atoms with Crippen LogP contribution in [-0.4, -0.2) is 11.1 Å². The summed E-state index contributed by atoms with van der Waals surface area (Å²) in [6.45, 7) is 2.15. The molecular weight excluding hydrogens is 164 g/mol. The molecule has 2 saturated carbocycles. The maximum absolute atomic E-state index is 10.8. The predicted molar refractivity (Wildman–Crippen MR) is 50.4 cm³/mol. The lowest BCUT2D eigenvalue weighted by molar-refractivity contribution is -0.139. The number of hydrogen-bond acceptors (Lipinski definition) is 1. The van der Waals surface area contributed by atoms with Gasteiger partial charge in [-0.15, -0.1) is 0 Å². The number of fused-ring (bicyclic) bond motifs is 1. The lowest BCUT2D eigenvalue weighted by atomic mass is 9.77. The molecule has 0 bridgehead atoms. The predicted octanol–water partition coefficient (Wildman–Crippen LogP) is 2.68. The van der Waals surface area contributed by atoms with Crippen LogP contribution in [0.2, 0.25) is 0 Å². The van der Waals surface area contributed by atoms with Gasteiger partial charge < -0.3 is 5.11 Å². The molecule has 0 aromatic rings. The highest BCUT2D eigenvalue weighted by molar-refractivity contribution is 5.67. The van der Waals surface area contributed by atoms with Gasteiger partial charge in [-0.05, 0) is 49.4 Å². The van der Waals surface area contributed by atoms with E-state index in [0.29, 0.717) is 6.42 Å². The lowest BCUT2D eigenvalue weighted by Crippen LogP contribution is -2.20. The van der Waals surface area contributed by atoms with Crippen LogP contribution in [0.4, 0.5) is 0 Å². The van der Waals surface area contributed by atoms with E-state index in [1.165, 1.54) is 25.7 Å². The van der Waals surface area contributed by atoms with Crippen molar-refractivity contribution in [2.45, 2.75) is 45.4 Å². The van der Waals surface area contributed by atoms with E-state index in [1.807, 2.05) is 0 Å².